The number of hydrogen-bond acceptors (Lipinski definition) is 5. The highest BCUT2D eigenvalue weighted by Crippen LogP contribution is 2.35. The van der Waals surface area contributed by atoms with Crippen molar-refractivity contribution in [2.45, 2.75) is 31.4 Å². The lowest BCUT2D eigenvalue weighted by Gasteiger charge is -2.34. The normalized spacial score (nSPS) is 16.4. The van der Waals surface area contributed by atoms with Crippen molar-refractivity contribution in [3.8, 4) is 11.8 Å². The summed E-state index contributed by atoms with van der Waals surface area (Å²) >= 11 is 0. The highest BCUT2D eigenvalue weighted by Gasteiger charge is 2.30. The van der Waals surface area contributed by atoms with Gasteiger partial charge in [-0.3, -0.25) is 4.79 Å². The summed E-state index contributed by atoms with van der Waals surface area (Å²) in [5.74, 6) is -0.770. The molecular formula is C27H27N3O3. The first kappa shape index (κ1) is 22.4. The number of benzene rings is 3. The van der Waals surface area contributed by atoms with Crippen LogP contribution in [-0.4, -0.2) is 30.3 Å². The Labute approximate surface area is 193 Å². The van der Waals surface area contributed by atoms with E-state index in [1.54, 1.807) is 13.0 Å². The molecule has 6 heteroatoms. The molecule has 4 rings (SSSR count). The number of ether oxygens (including phenoxy) is 1. The van der Waals surface area contributed by atoms with Gasteiger partial charge in [-0.1, -0.05) is 60.7 Å². The van der Waals surface area contributed by atoms with E-state index in [-0.39, 0.29) is 12.1 Å². The highest BCUT2D eigenvalue weighted by atomic mass is 16.5. The van der Waals surface area contributed by atoms with Crippen LogP contribution in [0.5, 0.6) is 5.75 Å². The second-order valence-electron chi connectivity index (χ2n) is 8.23. The van der Waals surface area contributed by atoms with Crippen molar-refractivity contribution >= 4 is 11.7 Å². The van der Waals surface area contributed by atoms with Gasteiger partial charge in [0, 0.05) is 0 Å². The van der Waals surface area contributed by atoms with Crippen molar-refractivity contribution in [2.75, 3.05) is 18.4 Å². The molecular weight excluding hydrogens is 414 g/mol. The number of aliphatic carboxylic acids is 1. The maximum Gasteiger partial charge on any atom is 0.310 e. The van der Waals surface area contributed by atoms with Crippen molar-refractivity contribution < 1.29 is 14.6 Å². The Balaban J connectivity index is 1.50. The second-order valence-corrected chi connectivity index (χ2v) is 8.23. The molecule has 6 nitrogen and oxygen atoms in total. The van der Waals surface area contributed by atoms with E-state index in [2.05, 4.69) is 28.8 Å². The Morgan fingerprint density at radius 1 is 1.15 bits per heavy atom. The number of carboxylic acid groups (broad SMARTS) is 1. The van der Waals surface area contributed by atoms with E-state index in [4.69, 9.17) is 4.74 Å². The SMILES string of the molecule is CC(C(=O)O)c1cccc(CCN[C@H](c2ccccc2)[C@H]2CNc3cccc(C#N)c3O2)c1. The van der Waals surface area contributed by atoms with Crippen LogP contribution in [0.4, 0.5) is 5.69 Å². The average Bonchev–Trinajstić information content (AvgIpc) is 2.86. The van der Waals surface area contributed by atoms with E-state index < -0.39 is 11.9 Å². The summed E-state index contributed by atoms with van der Waals surface area (Å²) < 4.78 is 6.34. The van der Waals surface area contributed by atoms with Crippen LogP contribution in [0, 0.1) is 11.3 Å². The van der Waals surface area contributed by atoms with Gasteiger partial charge >= 0.3 is 5.97 Å². The molecule has 0 fully saturated rings. The summed E-state index contributed by atoms with van der Waals surface area (Å²) in [6, 6.07) is 25.5. The molecule has 0 amide bonds. The largest absolute Gasteiger partial charge is 0.483 e. The van der Waals surface area contributed by atoms with Gasteiger partial charge in [0.05, 0.1) is 29.8 Å². The zero-order valence-electron chi connectivity index (χ0n) is 18.5. The summed E-state index contributed by atoms with van der Waals surface area (Å²) in [6.45, 7) is 3.00. The molecule has 1 aliphatic heterocycles. The lowest BCUT2D eigenvalue weighted by atomic mass is 9.97. The van der Waals surface area contributed by atoms with Crippen LogP contribution in [0.1, 0.15) is 41.1 Å². The second kappa shape index (κ2) is 10.2. The first-order valence-corrected chi connectivity index (χ1v) is 11.1. The molecule has 0 aromatic heterocycles. The predicted octanol–water partition coefficient (Wildman–Crippen LogP) is 4.49. The molecule has 1 heterocycles. The molecule has 3 N–H and O–H groups in total. The first-order chi connectivity index (χ1) is 16.1. The molecule has 0 spiro atoms. The Kier molecular flexibility index (Phi) is 6.92. The lowest BCUT2D eigenvalue weighted by Crippen LogP contribution is -2.43. The smallest absolute Gasteiger partial charge is 0.310 e. The van der Waals surface area contributed by atoms with Crippen molar-refractivity contribution in [3.63, 3.8) is 0 Å². The third kappa shape index (κ3) is 5.16. The molecule has 0 bridgehead atoms. The predicted molar refractivity (Wildman–Crippen MR) is 127 cm³/mol. The Morgan fingerprint density at radius 3 is 2.67 bits per heavy atom. The standard InChI is InChI=1S/C27H27N3O3/c1-18(27(31)32)21-10-5-7-19(15-21)13-14-29-25(20-8-3-2-4-9-20)24-17-30-23-12-6-11-22(16-28)26(23)33-24/h2-12,15,18,24-25,29-30H,13-14,17H2,1H3,(H,31,32)/t18?,24-,25-/m1/s1. The summed E-state index contributed by atoms with van der Waals surface area (Å²) in [4.78, 5) is 11.3. The van der Waals surface area contributed by atoms with Gasteiger partial charge in [-0.25, -0.2) is 0 Å². The van der Waals surface area contributed by atoms with E-state index >= 15 is 0 Å². The topological polar surface area (TPSA) is 94.4 Å². The fourth-order valence-electron chi connectivity index (χ4n) is 4.14. The number of rotatable bonds is 8. The van der Waals surface area contributed by atoms with Crippen molar-refractivity contribution in [3.05, 3.63) is 95.1 Å². The molecule has 33 heavy (non-hydrogen) atoms. The quantitative estimate of drug-likeness (QED) is 0.477. The minimum atomic E-state index is -0.826. The van der Waals surface area contributed by atoms with Crippen molar-refractivity contribution in [1.82, 2.24) is 5.32 Å². The number of anilines is 1. The maximum atomic E-state index is 11.3. The fraction of sp³-hybridized carbons (Fsp3) is 0.259. The van der Waals surface area contributed by atoms with E-state index in [1.165, 1.54) is 0 Å². The van der Waals surface area contributed by atoms with Crippen molar-refractivity contribution in [2.24, 2.45) is 0 Å². The third-order valence-electron chi connectivity index (χ3n) is 6.03. The van der Waals surface area contributed by atoms with Crippen molar-refractivity contribution in [1.29, 1.82) is 5.26 Å². The van der Waals surface area contributed by atoms with Crippen LogP contribution in [0.15, 0.2) is 72.8 Å². The molecule has 1 unspecified atom stereocenters. The van der Waals surface area contributed by atoms with Crippen LogP contribution in [-0.2, 0) is 11.2 Å². The number of nitrogens with one attached hydrogen (secondary N) is 2. The van der Waals surface area contributed by atoms with Gasteiger partial charge in [-0.05, 0) is 48.7 Å². The van der Waals surface area contributed by atoms with Gasteiger partial charge in [0.2, 0.25) is 0 Å². The first-order valence-electron chi connectivity index (χ1n) is 11.1. The van der Waals surface area contributed by atoms with E-state index in [0.29, 0.717) is 24.4 Å². The minimum absolute atomic E-state index is 0.0836. The molecule has 3 aromatic carbocycles. The number of hydrogen-bond donors (Lipinski definition) is 3. The van der Waals surface area contributed by atoms with E-state index in [9.17, 15) is 15.2 Å². The fourth-order valence-corrected chi connectivity index (χ4v) is 4.14. The average molecular weight is 442 g/mol. The summed E-state index contributed by atoms with van der Waals surface area (Å²) in [5, 5.41) is 25.8. The van der Waals surface area contributed by atoms with Crippen LogP contribution in [0.3, 0.4) is 0 Å². The Bertz CT molecular complexity index is 1160. The molecule has 168 valence electrons. The molecule has 3 aromatic rings. The molecule has 0 radical (unpaired) electrons. The molecule has 3 atom stereocenters. The molecule has 0 saturated carbocycles. The zero-order valence-corrected chi connectivity index (χ0v) is 18.5. The maximum absolute atomic E-state index is 11.3. The van der Waals surface area contributed by atoms with Gasteiger partial charge in [0.1, 0.15) is 12.2 Å². The number of carbonyl (C=O) groups is 1. The number of para-hydroxylation sites is 1. The number of nitrogens with zero attached hydrogens (tertiary/aromatic N) is 1. The highest BCUT2D eigenvalue weighted by molar-refractivity contribution is 5.75. The summed E-state index contributed by atoms with van der Waals surface area (Å²) in [5.41, 5.74) is 4.34. The van der Waals surface area contributed by atoms with Gasteiger partial charge in [0.25, 0.3) is 0 Å². The number of fused-ring (bicyclic) bond motifs is 1. The van der Waals surface area contributed by atoms with Gasteiger partial charge in [-0.2, -0.15) is 5.26 Å². The van der Waals surface area contributed by atoms with Crippen LogP contribution < -0.4 is 15.4 Å². The van der Waals surface area contributed by atoms with Gasteiger partial charge in [0.15, 0.2) is 5.75 Å². The Morgan fingerprint density at radius 2 is 1.91 bits per heavy atom. The number of carboxylic acids is 1. The molecule has 0 saturated heterocycles. The van der Waals surface area contributed by atoms with E-state index in [0.717, 1.165) is 28.8 Å². The monoisotopic (exact) mass is 441 g/mol. The van der Waals surface area contributed by atoms with Crippen LogP contribution in [0.2, 0.25) is 0 Å². The minimum Gasteiger partial charge on any atom is -0.483 e. The van der Waals surface area contributed by atoms with Gasteiger partial charge < -0.3 is 20.5 Å². The lowest BCUT2D eigenvalue weighted by molar-refractivity contribution is -0.138. The molecule has 1 aliphatic rings. The van der Waals surface area contributed by atoms with Gasteiger partial charge in [-0.15, -0.1) is 0 Å². The summed E-state index contributed by atoms with van der Waals surface area (Å²) in [7, 11) is 0. The zero-order chi connectivity index (χ0) is 23.2. The Hall–Kier alpha value is -3.82. The van der Waals surface area contributed by atoms with Crippen LogP contribution in [0.25, 0.3) is 0 Å². The van der Waals surface area contributed by atoms with E-state index in [1.807, 2.05) is 54.6 Å². The van der Waals surface area contributed by atoms with Crippen LogP contribution >= 0.6 is 0 Å². The molecule has 0 aliphatic carbocycles. The number of nitriles is 1. The third-order valence-corrected chi connectivity index (χ3v) is 6.03. The summed E-state index contributed by atoms with van der Waals surface area (Å²) in [6.07, 6.45) is 0.553.